The van der Waals surface area contributed by atoms with Crippen molar-refractivity contribution < 1.29 is 23.4 Å². The summed E-state index contributed by atoms with van der Waals surface area (Å²) in [6.45, 7) is 11.6. The van der Waals surface area contributed by atoms with E-state index in [9.17, 15) is 0 Å². The lowest BCUT2D eigenvalue weighted by Gasteiger charge is -2.44. The zero-order chi connectivity index (χ0) is 25.8. The first-order valence-electron chi connectivity index (χ1n) is 13.0. The zero-order valence-electron chi connectivity index (χ0n) is 22.2. The average molecular weight is 509 g/mol. The molecule has 2 aliphatic heterocycles. The molecular weight excluding hydrogens is 468 g/mol. The SMILES string of the molecule is C#C[C@H]1OC(C)(C)O[C@@H]1[C@@H](CO[Si](c1ccccc1)(c1ccccc1)C(C)(C)C)OC1CCCCO1. The molecule has 1 unspecified atom stereocenters. The minimum Gasteiger partial charge on any atom is -0.405 e. The third kappa shape index (κ3) is 5.78. The normalized spacial score (nSPS) is 25.3. The van der Waals surface area contributed by atoms with Gasteiger partial charge in [0.1, 0.15) is 18.3 Å². The number of benzene rings is 2. The fraction of sp³-hybridized carbons (Fsp3) is 0.533. The van der Waals surface area contributed by atoms with Gasteiger partial charge in [-0.1, -0.05) is 87.4 Å². The van der Waals surface area contributed by atoms with Crippen LogP contribution in [0.5, 0.6) is 0 Å². The Balaban J connectivity index is 1.72. The Morgan fingerprint density at radius 2 is 1.61 bits per heavy atom. The molecule has 4 atom stereocenters. The van der Waals surface area contributed by atoms with Crippen molar-refractivity contribution in [3.63, 3.8) is 0 Å². The third-order valence-corrected chi connectivity index (χ3v) is 12.0. The Kier molecular flexibility index (Phi) is 8.41. The van der Waals surface area contributed by atoms with Gasteiger partial charge in [-0.3, -0.25) is 0 Å². The second-order valence-corrected chi connectivity index (χ2v) is 15.4. The van der Waals surface area contributed by atoms with E-state index in [0.717, 1.165) is 19.3 Å². The number of terminal acetylenes is 1. The van der Waals surface area contributed by atoms with Gasteiger partial charge in [0.15, 0.2) is 12.1 Å². The van der Waals surface area contributed by atoms with Crippen molar-refractivity contribution >= 4 is 18.7 Å². The predicted molar refractivity (Wildman–Crippen MR) is 145 cm³/mol. The summed E-state index contributed by atoms with van der Waals surface area (Å²) in [6.07, 6.45) is 7.08. The molecule has 0 amide bonds. The van der Waals surface area contributed by atoms with Crippen LogP contribution in [-0.2, 0) is 23.4 Å². The molecule has 0 aromatic heterocycles. The molecule has 2 aromatic carbocycles. The van der Waals surface area contributed by atoms with Gasteiger partial charge < -0.3 is 23.4 Å². The monoisotopic (exact) mass is 508 g/mol. The van der Waals surface area contributed by atoms with Gasteiger partial charge in [0.25, 0.3) is 8.32 Å². The molecule has 2 aromatic rings. The summed E-state index contributed by atoms with van der Waals surface area (Å²) in [5.41, 5.74) is 0. The van der Waals surface area contributed by atoms with Crippen LogP contribution < -0.4 is 10.4 Å². The van der Waals surface area contributed by atoms with E-state index in [0.29, 0.717) is 13.2 Å². The van der Waals surface area contributed by atoms with Crippen molar-refractivity contribution in [2.24, 2.45) is 0 Å². The highest BCUT2D eigenvalue weighted by Gasteiger charge is 2.52. The van der Waals surface area contributed by atoms with Crippen LogP contribution in [0.4, 0.5) is 0 Å². The minimum atomic E-state index is -2.77. The van der Waals surface area contributed by atoms with E-state index >= 15 is 0 Å². The molecule has 5 nitrogen and oxygen atoms in total. The van der Waals surface area contributed by atoms with Gasteiger partial charge in [0.2, 0.25) is 0 Å². The first kappa shape index (κ1) is 27.1. The van der Waals surface area contributed by atoms with Gasteiger partial charge >= 0.3 is 0 Å². The van der Waals surface area contributed by atoms with Crippen LogP contribution in [-0.4, -0.2) is 51.9 Å². The van der Waals surface area contributed by atoms with Crippen LogP contribution in [0, 0.1) is 12.3 Å². The summed E-state index contributed by atoms with van der Waals surface area (Å²) < 4.78 is 32.0. The van der Waals surface area contributed by atoms with Crippen LogP contribution in [0.3, 0.4) is 0 Å². The molecule has 0 bridgehead atoms. The van der Waals surface area contributed by atoms with E-state index in [1.165, 1.54) is 10.4 Å². The van der Waals surface area contributed by atoms with Gasteiger partial charge in [-0.15, -0.1) is 6.42 Å². The Labute approximate surface area is 217 Å². The van der Waals surface area contributed by atoms with Crippen LogP contribution in [0.15, 0.2) is 60.7 Å². The summed E-state index contributed by atoms with van der Waals surface area (Å²) in [5.74, 6) is 1.97. The van der Waals surface area contributed by atoms with Crippen LogP contribution in [0.2, 0.25) is 5.04 Å². The first-order chi connectivity index (χ1) is 17.2. The van der Waals surface area contributed by atoms with Gasteiger partial charge in [0, 0.05) is 6.61 Å². The fourth-order valence-electron chi connectivity index (χ4n) is 5.38. The van der Waals surface area contributed by atoms with Crippen molar-refractivity contribution in [3.05, 3.63) is 60.7 Å². The lowest BCUT2D eigenvalue weighted by Crippen LogP contribution is -2.67. The molecule has 6 heteroatoms. The van der Waals surface area contributed by atoms with Gasteiger partial charge in [0.05, 0.1) is 6.61 Å². The van der Waals surface area contributed by atoms with E-state index in [2.05, 4.69) is 75.2 Å². The van der Waals surface area contributed by atoms with E-state index in [1.807, 2.05) is 26.0 Å². The van der Waals surface area contributed by atoms with Crippen molar-refractivity contribution in [3.8, 4) is 12.3 Å². The lowest BCUT2D eigenvalue weighted by molar-refractivity contribution is -0.224. The van der Waals surface area contributed by atoms with E-state index < -0.39 is 32.4 Å². The van der Waals surface area contributed by atoms with Gasteiger partial charge in [-0.2, -0.15) is 0 Å². The molecule has 2 fully saturated rings. The average Bonchev–Trinajstić information content (AvgIpc) is 3.19. The highest BCUT2D eigenvalue weighted by Crippen LogP contribution is 2.38. The summed E-state index contributed by atoms with van der Waals surface area (Å²) in [5, 5.41) is 2.28. The quantitative estimate of drug-likeness (QED) is 0.384. The van der Waals surface area contributed by atoms with Gasteiger partial charge in [-0.25, -0.2) is 0 Å². The third-order valence-electron chi connectivity index (χ3n) is 7.01. The van der Waals surface area contributed by atoms with Gasteiger partial charge in [-0.05, 0) is 48.5 Å². The molecule has 2 saturated heterocycles. The number of ether oxygens (including phenoxy) is 4. The summed E-state index contributed by atoms with van der Waals surface area (Å²) in [4.78, 5) is 0. The van der Waals surface area contributed by atoms with Crippen LogP contribution >= 0.6 is 0 Å². The largest absolute Gasteiger partial charge is 0.405 e. The molecule has 0 spiro atoms. The predicted octanol–water partition coefficient (Wildman–Crippen LogP) is 4.63. The molecule has 36 heavy (non-hydrogen) atoms. The van der Waals surface area contributed by atoms with Crippen molar-refractivity contribution in [2.45, 2.75) is 89.3 Å². The molecular formula is C30H40O5Si. The standard InChI is InChI=1S/C30H40O5Si/c1-7-25-28(35-30(5,6)34-25)26(33-27-20-14-15-21-31-27)22-32-36(29(2,3)4,23-16-10-8-11-17-23)24-18-12-9-13-19-24/h1,8-13,16-19,25-28H,14-15,20-22H2,2-6H3/t25-,26-,27?,28+/m1/s1. The fourth-order valence-corrected chi connectivity index (χ4v) is 9.95. The maximum Gasteiger partial charge on any atom is 0.261 e. The second-order valence-electron chi connectivity index (χ2n) is 11.1. The number of hydrogen-bond acceptors (Lipinski definition) is 5. The molecule has 2 aliphatic rings. The number of rotatable bonds is 8. The maximum absolute atomic E-state index is 7.20. The molecule has 0 saturated carbocycles. The second kappa shape index (κ2) is 11.2. The number of hydrogen-bond donors (Lipinski definition) is 0. The highest BCUT2D eigenvalue weighted by atomic mass is 28.4. The Morgan fingerprint density at radius 1 is 1.00 bits per heavy atom. The molecule has 0 aliphatic carbocycles. The molecule has 2 heterocycles. The summed E-state index contributed by atoms with van der Waals surface area (Å²) in [6, 6.07) is 21.2. The van der Waals surface area contributed by atoms with Crippen molar-refractivity contribution in [1.82, 2.24) is 0 Å². The molecule has 0 radical (unpaired) electrons. The topological polar surface area (TPSA) is 46.2 Å². The smallest absolute Gasteiger partial charge is 0.261 e. The maximum atomic E-state index is 7.20. The molecule has 0 N–H and O–H groups in total. The van der Waals surface area contributed by atoms with Crippen LogP contribution in [0.25, 0.3) is 0 Å². The first-order valence-corrected chi connectivity index (χ1v) is 14.9. The zero-order valence-corrected chi connectivity index (χ0v) is 23.2. The van der Waals surface area contributed by atoms with Crippen molar-refractivity contribution in [1.29, 1.82) is 0 Å². The molecule has 4 rings (SSSR count). The summed E-state index contributed by atoms with van der Waals surface area (Å²) in [7, 11) is -2.77. The summed E-state index contributed by atoms with van der Waals surface area (Å²) >= 11 is 0. The Bertz CT molecular complexity index is 966. The minimum absolute atomic E-state index is 0.153. The van der Waals surface area contributed by atoms with Crippen molar-refractivity contribution in [2.75, 3.05) is 13.2 Å². The lowest BCUT2D eigenvalue weighted by atomic mass is 10.1. The van der Waals surface area contributed by atoms with E-state index in [4.69, 9.17) is 29.8 Å². The van der Waals surface area contributed by atoms with Crippen LogP contribution in [0.1, 0.15) is 53.9 Å². The highest BCUT2D eigenvalue weighted by molar-refractivity contribution is 6.99. The molecule has 194 valence electrons. The Morgan fingerprint density at radius 3 is 2.11 bits per heavy atom. The van der Waals surface area contributed by atoms with E-state index in [1.54, 1.807) is 0 Å². The Hall–Kier alpha value is -1.98. The van der Waals surface area contributed by atoms with E-state index in [-0.39, 0.29) is 11.3 Å².